The molecule has 0 aliphatic carbocycles. The fourth-order valence-electron chi connectivity index (χ4n) is 1.68. The van der Waals surface area contributed by atoms with Crippen LogP contribution in [0, 0.1) is 0 Å². The Morgan fingerprint density at radius 1 is 1.43 bits per heavy atom. The highest BCUT2D eigenvalue weighted by Gasteiger charge is 2.14. The lowest BCUT2D eigenvalue weighted by atomic mass is 10.1. The smallest absolute Gasteiger partial charge is 0.0576 e. The lowest BCUT2D eigenvalue weighted by Crippen LogP contribution is -2.30. The fourth-order valence-corrected chi connectivity index (χ4v) is 1.68. The third-order valence-corrected chi connectivity index (χ3v) is 2.50. The Labute approximate surface area is 87.0 Å². The van der Waals surface area contributed by atoms with Gasteiger partial charge in [0.15, 0.2) is 0 Å². The highest BCUT2D eigenvalue weighted by molar-refractivity contribution is 5.22. The summed E-state index contributed by atoms with van der Waals surface area (Å²) in [5.41, 5.74) is 2.70. The molecule has 2 nitrogen and oxygen atoms in total. The van der Waals surface area contributed by atoms with Crippen LogP contribution in [0.1, 0.15) is 32.0 Å². The van der Waals surface area contributed by atoms with E-state index in [2.05, 4.69) is 22.9 Å². The predicted octanol–water partition coefficient (Wildman–Crippen LogP) is 2.49. The fraction of sp³-hybridized carbons (Fsp3) is 0.583. The van der Waals surface area contributed by atoms with Gasteiger partial charge in [0.25, 0.3) is 0 Å². The standard InChI is InChI=1S/C10H14N2.C2H6/c1-2-12-7-5-9-4-3-6-11-10(9)8-12;1-2/h3-4,6H,2,5,7-8H2,1H3;1-2H3. The number of hydrogen-bond donors (Lipinski definition) is 0. The number of pyridine rings is 1. The van der Waals surface area contributed by atoms with E-state index in [-0.39, 0.29) is 0 Å². The predicted molar refractivity (Wildman–Crippen MR) is 60.2 cm³/mol. The monoisotopic (exact) mass is 192 g/mol. The molecule has 0 saturated heterocycles. The van der Waals surface area contributed by atoms with Crippen molar-refractivity contribution in [2.24, 2.45) is 0 Å². The molecule has 2 heteroatoms. The maximum atomic E-state index is 4.38. The van der Waals surface area contributed by atoms with Crippen molar-refractivity contribution in [1.82, 2.24) is 9.88 Å². The second-order valence-corrected chi connectivity index (χ2v) is 3.23. The van der Waals surface area contributed by atoms with Crippen LogP contribution in [0.25, 0.3) is 0 Å². The first-order valence-electron chi connectivity index (χ1n) is 5.55. The molecule has 0 N–H and O–H groups in total. The zero-order valence-corrected chi connectivity index (χ0v) is 9.45. The van der Waals surface area contributed by atoms with Crippen LogP contribution < -0.4 is 0 Å². The lowest BCUT2D eigenvalue weighted by molar-refractivity contribution is 0.264. The summed E-state index contributed by atoms with van der Waals surface area (Å²) in [6.07, 6.45) is 3.05. The molecule has 0 atom stereocenters. The summed E-state index contributed by atoms with van der Waals surface area (Å²) in [7, 11) is 0. The molecule has 0 saturated carbocycles. The molecule has 0 spiro atoms. The summed E-state index contributed by atoms with van der Waals surface area (Å²) in [6.45, 7) is 9.56. The largest absolute Gasteiger partial charge is 0.297 e. The summed E-state index contributed by atoms with van der Waals surface area (Å²) in [4.78, 5) is 6.80. The highest BCUT2D eigenvalue weighted by atomic mass is 15.1. The van der Waals surface area contributed by atoms with Crippen molar-refractivity contribution in [3.8, 4) is 0 Å². The van der Waals surface area contributed by atoms with Crippen molar-refractivity contribution in [1.29, 1.82) is 0 Å². The summed E-state index contributed by atoms with van der Waals surface area (Å²) < 4.78 is 0. The lowest BCUT2D eigenvalue weighted by Gasteiger charge is -2.26. The molecule has 0 unspecified atom stereocenters. The van der Waals surface area contributed by atoms with E-state index in [1.165, 1.54) is 17.8 Å². The van der Waals surface area contributed by atoms with Crippen LogP contribution in [0.15, 0.2) is 18.3 Å². The molecule has 1 aliphatic heterocycles. The first kappa shape index (κ1) is 11.2. The van der Waals surface area contributed by atoms with Gasteiger partial charge < -0.3 is 0 Å². The third-order valence-electron chi connectivity index (χ3n) is 2.50. The van der Waals surface area contributed by atoms with Gasteiger partial charge >= 0.3 is 0 Å². The van der Waals surface area contributed by atoms with Crippen LogP contribution in [0.4, 0.5) is 0 Å². The Balaban J connectivity index is 0.000000461. The summed E-state index contributed by atoms with van der Waals surface area (Å²) in [5.74, 6) is 0. The number of rotatable bonds is 1. The van der Waals surface area contributed by atoms with Gasteiger partial charge in [-0.05, 0) is 24.6 Å². The number of nitrogens with zero attached hydrogens (tertiary/aromatic N) is 2. The van der Waals surface area contributed by atoms with Gasteiger partial charge in [0, 0.05) is 19.3 Å². The third kappa shape index (κ3) is 2.55. The Morgan fingerprint density at radius 2 is 2.21 bits per heavy atom. The molecule has 0 bridgehead atoms. The van der Waals surface area contributed by atoms with Gasteiger partial charge in [0.1, 0.15) is 0 Å². The van der Waals surface area contributed by atoms with Gasteiger partial charge in [-0.1, -0.05) is 26.8 Å². The average Bonchev–Trinajstić information content (AvgIpc) is 2.31. The molecular weight excluding hydrogens is 172 g/mol. The van der Waals surface area contributed by atoms with E-state index in [9.17, 15) is 0 Å². The number of aromatic nitrogens is 1. The minimum Gasteiger partial charge on any atom is -0.297 e. The van der Waals surface area contributed by atoms with E-state index in [4.69, 9.17) is 0 Å². The van der Waals surface area contributed by atoms with Crippen LogP contribution in [0.2, 0.25) is 0 Å². The molecule has 0 aromatic carbocycles. The molecule has 1 aliphatic rings. The highest BCUT2D eigenvalue weighted by Crippen LogP contribution is 2.15. The maximum absolute atomic E-state index is 4.38. The zero-order chi connectivity index (χ0) is 10.4. The second-order valence-electron chi connectivity index (χ2n) is 3.23. The minimum absolute atomic E-state index is 1.03. The first-order chi connectivity index (χ1) is 6.90. The van der Waals surface area contributed by atoms with Crippen molar-refractivity contribution < 1.29 is 0 Å². The van der Waals surface area contributed by atoms with Crippen molar-refractivity contribution in [2.75, 3.05) is 13.1 Å². The Bertz CT molecular complexity index is 271. The Hall–Kier alpha value is -0.890. The van der Waals surface area contributed by atoms with E-state index >= 15 is 0 Å². The van der Waals surface area contributed by atoms with E-state index in [1.54, 1.807) is 0 Å². The van der Waals surface area contributed by atoms with Gasteiger partial charge in [0.2, 0.25) is 0 Å². The molecule has 78 valence electrons. The molecule has 1 aromatic rings. The second kappa shape index (κ2) is 5.76. The van der Waals surface area contributed by atoms with Crippen LogP contribution in [0.5, 0.6) is 0 Å². The average molecular weight is 192 g/mol. The number of likely N-dealkylation sites (N-methyl/N-ethyl adjacent to an activating group) is 1. The van der Waals surface area contributed by atoms with Crippen LogP contribution in [-0.4, -0.2) is 23.0 Å². The molecule has 14 heavy (non-hydrogen) atoms. The van der Waals surface area contributed by atoms with Gasteiger partial charge in [0.05, 0.1) is 5.69 Å². The molecular formula is C12H20N2. The van der Waals surface area contributed by atoms with E-state index < -0.39 is 0 Å². The topological polar surface area (TPSA) is 16.1 Å². The molecule has 2 heterocycles. The van der Waals surface area contributed by atoms with Crippen LogP contribution in [-0.2, 0) is 13.0 Å². The van der Waals surface area contributed by atoms with Crippen molar-refractivity contribution >= 4 is 0 Å². The summed E-state index contributed by atoms with van der Waals surface area (Å²) >= 11 is 0. The molecule has 1 aromatic heterocycles. The van der Waals surface area contributed by atoms with E-state index in [0.717, 1.165) is 19.5 Å². The molecule has 0 amide bonds. The normalized spacial score (nSPS) is 15.4. The minimum atomic E-state index is 1.03. The first-order valence-corrected chi connectivity index (χ1v) is 5.55. The van der Waals surface area contributed by atoms with Crippen LogP contribution in [0.3, 0.4) is 0 Å². The van der Waals surface area contributed by atoms with Gasteiger partial charge in [-0.3, -0.25) is 9.88 Å². The van der Waals surface area contributed by atoms with Crippen molar-refractivity contribution in [2.45, 2.75) is 33.7 Å². The van der Waals surface area contributed by atoms with Crippen molar-refractivity contribution in [3.05, 3.63) is 29.6 Å². The van der Waals surface area contributed by atoms with Gasteiger partial charge in [-0.2, -0.15) is 0 Å². The zero-order valence-electron chi connectivity index (χ0n) is 9.45. The van der Waals surface area contributed by atoms with E-state index in [0.29, 0.717) is 0 Å². The molecule has 0 fully saturated rings. The quantitative estimate of drug-likeness (QED) is 0.679. The number of hydrogen-bond acceptors (Lipinski definition) is 2. The molecule has 2 rings (SSSR count). The SMILES string of the molecule is CC.CCN1CCc2cccnc2C1. The molecule has 0 radical (unpaired) electrons. The Morgan fingerprint density at radius 3 is 2.93 bits per heavy atom. The number of fused-ring (bicyclic) bond motifs is 1. The van der Waals surface area contributed by atoms with Gasteiger partial charge in [-0.15, -0.1) is 0 Å². The van der Waals surface area contributed by atoms with Crippen molar-refractivity contribution in [3.63, 3.8) is 0 Å². The van der Waals surface area contributed by atoms with Gasteiger partial charge in [-0.25, -0.2) is 0 Å². The summed E-state index contributed by atoms with van der Waals surface area (Å²) in [6, 6.07) is 4.22. The maximum Gasteiger partial charge on any atom is 0.0576 e. The summed E-state index contributed by atoms with van der Waals surface area (Å²) in [5, 5.41) is 0. The van der Waals surface area contributed by atoms with E-state index in [1.807, 2.05) is 26.1 Å². The van der Waals surface area contributed by atoms with Crippen LogP contribution >= 0.6 is 0 Å². The Kier molecular flexibility index (Phi) is 4.60.